The van der Waals surface area contributed by atoms with Crippen LogP contribution in [-0.2, 0) is 20.6 Å². The molecule has 1 N–H and O–H groups in total. The van der Waals surface area contributed by atoms with Crippen molar-refractivity contribution in [1.82, 2.24) is 18.7 Å². The number of benzene rings is 2. The minimum absolute atomic E-state index is 0.282. The molecule has 0 unspecified atom stereocenters. The number of halogens is 1. The summed E-state index contributed by atoms with van der Waals surface area (Å²) in [5.74, 6) is 0.345. The van der Waals surface area contributed by atoms with Crippen LogP contribution in [0, 0.1) is 0 Å². The molecule has 9 heteroatoms. The van der Waals surface area contributed by atoms with Gasteiger partial charge in [-0.3, -0.25) is 18.5 Å². The van der Waals surface area contributed by atoms with Gasteiger partial charge in [0.1, 0.15) is 0 Å². The lowest BCUT2D eigenvalue weighted by Crippen LogP contribution is -2.37. The van der Waals surface area contributed by atoms with Gasteiger partial charge in [0.2, 0.25) is 5.95 Å². The maximum absolute atomic E-state index is 12.9. The Kier molecular flexibility index (Phi) is 6.04. The monoisotopic (exact) mass is 448 g/mol. The summed E-state index contributed by atoms with van der Waals surface area (Å²) < 4.78 is 4.12. The minimum Gasteiger partial charge on any atom is -0.298 e. The molecule has 162 valence electrons. The second-order valence-electron chi connectivity index (χ2n) is 7.19. The number of anilines is 1. The fourth-order valence-corrected chi connectivity index (χ4v) is 3.44. The molecule has 0 amide bonds. The largest absolute Gasteiger partial charge is 0.332 e. The van der Waals surface area contributed by atoms with Crippen LogP contribution < -0.4 is 16.7 Å². The van der Waals surface area contributed by atoms with Gasteiger partial charge in [-0.15, -0.1) is 0 Å². The SMILES string of the molecule is Cn1c(=O)c2c(nc(N/N=C\C=C\c3ccccc3)n2Cc2ccc(Cl)cc2)n(C)c1=O. The van der Waals surface area contributed by atoms with Gasteiger partial charge >= 0.3 is 5.69 Å². The standard InChI is InChI=1S/C23H21ClN6O2/c1-28-20-19(21(31)29(2)23(28)32)30(15-17-10-12-18(24)13-11-17)22(26-20)27-25-14-6-9-16-7-4-3-5-8-16/h3-14H,15H2,1-2H3,(H,26,27)/b9-6+,25-14-. The highest BCUT2D eigenvalue weighted by Crippen LogP contribution is 2.19. The van der Waals surface area contributed by atoms with Gasteiger partial charge in [-0.1, -0.05) is 60.1 Å². The van der Waals surface area contributed by atoms with Crippen LogP contribution in [0.25, 0.3) is 17.2 Å². The van der Waals surface area contributed by atoms with Gasteiger partial charge in [0.05, 0.1) is 6.54 Å². The van der Waals surface area contributed by atoms with Crippen LogP contribution in [0.15, 0.2) is 75.4 Å². The summed E-state index contributed by atoms with van der Waals surface area (Å²) in [5.41, 5.74) is 4.58. The molecule has 4 rings (SSSR count). The van der Waals surface area contributed by atoms with Gasteiger partial charge in [-0.2, -0.15) is 10.1 Å². The molecule has 0 atom stereocenters. The third-order valence-corrected chi connectivity index (χ3v) is 5.27. The Morgan fingerprint density at radius 3 is 2.47 bits per heavy atom. The summed E-state index contributed by atoms with van der Waals surface area (Å²) in [6, 6.07) is 17.1. The van der Waals surface area contributed by atoms with Crippen LogP contribution in [0.5, 0.6) is 0 Å². The number of rotatable bonds is 6. The lowest BCUT2D eigenvalue weighted by Gasteiger charge is -2.09. The number of fused-ring (bicyclic) bond motifs is 1. The first-order valence-corrected chi connectivity index (χ1v) is 10.2. The zero-order valence-corrected chi connectivity index (χ0v) is 18.3. The molecule has 0 aliphatic heterocycles. The van der Waals surface area contributed by atoms with Crippen molar-refractivity contribution in [3.8, 4) is 0 Å². The van der Waals surface area contributed by atoms with Gasteiger partial charge in [0.25, 0.3) is 5.56 Å². The highest BCUT2D eigenvalue weighted by atomic mass is 35.5. The lowest BCUT2D eigenvalue weighted by atomic mass is 10.2. The van der Waals surface area contributed by atoms with Gasteiger partial charge in [0, 0.05) is 25.3 Å². The molecule has 8 nitrogen and oxygen atoms in total. The van der Waals surface area contributed by atoms with Crippen LogP contribution in [-0.4, -0.2) is 24.9 Å². The molecule has 0 aliphatic carbocycles. The smallest absolute Gasteiger partial charge is 0.298 e. The number of hydrazone groups is 1. The van der Waals surface area contributed by atoms with E-state index < -0.39 is 11.2 Å². The van der Waals surface area contributed by atoms with E-state index in [4.69, 9.17) is 11.6 Å². The molecule has 0 saturated heterocycles. The molecular formula is C23H21ClN6O2. The van der Waals surface area contributed by atoms with E-state index in [1.165, 1.54) is 11.6 Å². The molecule has 0 bridgehead atoms. The van der Waals surface area contributed by atoms with Gasteiger partial charge < -0.3 is 0 Å². The maximum atomic E-state index is 12.9. The van der Waals surface area contributed by atoms with Gasteiger partial charge in [-0.05, 0) is 29.3 Å². The molecule has 2 heterocycles. The molecule has 0 saturated carbocycles. The van der Waals surface area contributed by atoms with Crippen LogP contribution >= 0.6 is 11.6 Å². The maximum Gasteiger partial charge on any atom is 0.332 e. The summed E-state index contributed by atoms with van der Waals surface area (Å²) in [7, 11) is 3.03. The Morgan fingerprint density at radius 1 is 1.03 bits per heavy atom. The first-order valence-electron chi connectivity index (χ1n) is 9.87. The van der Waals surface area contributed by atoms with Crippen molar-refractivity contribution < 1.29 is 0 Å². The van der Waals surface area contributed by atoms with Crippen LogP contribution in [0.3, 0.4) is 0 Å². The van der Waals surface area contributed by atoms with E-state index in [9.17, 15) is 9.59 Å². The first-order chi connectivity index (χ1) is 15.5. The molecule has 2 aromatic carbocycles. The normalized spacial score (nSPS) is 11.7. The summed E-state index contributed by atoms with van der Waals surface area (Å²) in [6.45, 7) is 0.346. The Morgan fingerprint density at radius 2 is 1.75 bits per heavy atom. The Hall–Kier alpha value is -3.91. The Balaban J connectivity index is 1.72. The fourth-order valence-electron chi connectivity index (χ4n) is 3.31. The van der Waals surface area contributed by atoms with Crippen LogP contribution in [0.2, 0.25) is 5.02 Å². The highest BCUT2D eigenvalue weighted by molar-refractivity contribution is 6.30. The van der Waals surface area contributed by atoms with E-state index in [1.54, 1.807) is 36.0 Å². The topological polar surface area (TPSA) is 86.2 Å². The molecule has 0 radical (unpaired) electrons. The number of aromatic nitrogens is 4. The van der Waals surface area contributed by atoms with E-state index >= 15 is 0 Å². The first kappa shape index (κ1) is 21.3. The number of imidazole rings is 1. The molecular weight excluding hydrogens is 428 g/mol. The number of nitrogens with zero attached hydrogens (tertiary/aromatic N) is 5. The predicted molar refractivity (Wildman–Crippen MR) is 128 cm³/mol. The fraction of sp³-hybridized carbons (Fsp3) is 0.130. The van der Waals surface area contributed by atoms with Gasteiger partial charge in [-0.25, -0.2) is 10.2 Å². The van der Waals surface area contributed by atoms with Crippen molar-refractivity contribution in [2.24, 2.45) is 19.2 Å². The van der Waals surface area contributed by atoms with E-state index in [-0.39, 0.29) is 5.65 Å². The van der Waals surface area contributed by atoms with Crippen molar-refractivity contribution >= 4 is 41.0 Å². The Labute approximate surface area is 188 Å². The highest BCUT2D eigenvalue weighted by Gasteiger charge is 2.19. The summed E-state index contributed by atoms with van der Waals surface area (Å²) in [6.07, 6.45) is 5.31. The van der Waals surface area contributed by atoms with E-state index in [1.807, 2.05) is 48.5 Å². The molecule has 2 aromatic heterocycles. The van der Waals surface area contributed by atoms with Crippen molar-refractivity contribution in [3.63, 3.8) is 0 Å². The van der Waals surface area contributed by atoms with Crippen LogP contribution in [0.4, 0.5) is 5.95 Å². The molecule has 32 heavy (non-hydrogen) atoms. The number of nitrogens with one attached hydrogen (secondary N) is 1. The number of allylic oxidation sites excluding steroid dienone is 1. The molecule has 0 fully saturated rings. The van der Waals surface area contributed by atoms with Crippen molar-refractivity contribution in [1.29, 1.82) is 0 Å². The van der Waals surface area contributed by atoms with Crippen molar-refractivity contribution in [2.45, 2.75) is 6.54 Å². The second-order valence-corrected chi connectivity index (χ2v) is 7.62. The number of hydrogen-bond donors (Lipinski definition) is 1. The summed E-state index contributed by atoms with van der Waals surface area (Å²) in [4.78, 5) is 29.7. The average molecular weight is 449 g/mol. The summed E-state index contributed by atoms with van der Waals surface area (Å²) in [5, 5.41) is 4.83. The minimum atomic E-state index is -0.445. The lowest BCUT2D eigenvalue weighted by molar-refractivity contribution is 0.702. The summed E-state index contributed by atoms with van der Waals surface area (Å²) >= 11 is 6.00. The number of hydrogen-bond acceptors (Lipinski definition) is 5. The predicted octanol–water partition coefficient (Wildman–Crippen LogP) is 3.25. The third-order valence-electron chi connectivity index (χ3n) is 5.02. The number of aryl methyl sites for hydroxylation is 1. The van der Waals surface area contributed by atoms with E-state index in [0.29, 0.717) is 23.0 Å². The quantitative estimate of drug-likeness (QED) is 0.362. The zero-order valence-electron chi connectivity index (χ0n) is 17.6. The van der Waals surface area contributed by atoms with Crippen molar-refractivity contribution in [3.05, 3.63) is 97.7 Å². The van der Waals surface area contributed by atoms with Crippen LogP contribution in [0.1, 0.15) is 11.1 Å². The van der Waals surface area contributed by atoms with E-state index in [2.05, 4.69) is 15.5 Å². The second kappa shape index (κ2) is 9.07. The molecule has 0 spiro atoms. The zero-order chi connectivity index (χ0) is 22.7. The van der Waals surface area contributed by atoms with Crippen molar-refractivity contribution in [2.75, 3.05) is 5.43 Å². The molecule has 0 aliphatic rings. The molecule has 4 aromatic rings. The third kappa shape index (κ3) is 4.26. The van der Waals surface area contributed by atoms with E-state index in [0.717, 1.165) is 15.7 Å². The van der Waals surface area contributed by atoms with Gasteiger partial charge in [0.15, 0.2) is 11.2 Å². The Bertz CT molecular complexity index is 1430. The average Bonchev–Trinajstić information content (AvgIpc) is 3.16.